The first-order chi connectivity index (χ1) is 10.7. The standard InChI is InChI=1S/C13H25F3N4O2S.HI/c1-3-7-18-12(17-4-2)19-10-11-5-8-20(9-6-11)23(21,22)13(14,15)16;/h11H,3-10H2,1-2H3,(H2,17,18,19);1H. The van der Waals surface area contributed by atoms with Crippen molar-refractivity contribution in [3.63, 3.8) is 0 Å². The minimum Gasteiger partial charge on any atom is -0.357 e. The Labute approximate surface area is 158 Å². The smallest absolute Gasteiger partial charge is 0.357 e. The Morgan fingerprint density at radius 3 is 2.25 bits per heavy atom. The van der Waals surface area contributed by atoms with Crippen molar-refractivity contribution < 1.29 is 21.6 Å². The lowest BCUT2D eigenvalue weighted by atomic mass is 9.98. The maximum Gasteiger partial charge on any atom is 0.511 e. The van der Waals surface area contributed by atoms with Gasteiger partial charge in [-0.15, -0.1) is 24.0 Å². The molecule has 0 aromatic rings. The number of halogens is 4. The van der Waals surface area contributed by atoms with Crippen LogP contribution in [0.25, 0.3) is 0 Å². The summed E-state index contributed by atoms with van der Waals surface area (Å²) in [5.41, 5.74) is -5.22. The van der Waals surface area contributed by atoms with Crippen LogP contribution in [0, 0.1) is 5.92 Å². The van der Waals surface area contributed by atoms with Crippen molar-refractivity contribution in [2.24, 2.45) is 10.9 Å². The van der Waals surface area contributed by atoms with E-state index in [-0.39, 0.29) is 43.0 Å². The van der Waals surface area contributed by atoms with Gasteiger partial charge in [0, 0.05) is 32.7 Å². The second kappa shape index (κ2) is 10.6. The van der Waals surface area contributed by atoms with E-state index in [1.165, 1.54) is 0 Å². The van der Waals surface area contributed by atoms with Crippen LogP contribution in [0.3, 0.4) is 0 Å². The van der Waals surface area contributed by atoms with Gasteiger partial charge in [-0.3, -0.25) is 4.99 Å². The monoisotopic (exact) mass is 486 g/mol. The third kappa shape index (κ3) is 6.90. The van der Waals surface area contributed by atoms with Crippen LogP contribution in [0.4, 0.5) is 13.2 Å². The molecule has 1 aliphatic heterocycles. The van der Waals surface area contributed by atoms with E-state index in [0.717, 1.165) is 19.5 Å². The summed E-state index contributed by atoms with van der Waals surface area (Å²) in [5.74, 6) is 0.770. The fourth-order valence-corrected chi connectivity index (χ4v) is 3.27. The molecule has 1 saturated heterocycles. The zero-order valence-electron chi connectivity index (χ0n) is 13.9. The molecule has 1 rings (SSSR count). The summed E-state index contributed by atoms with van der Waals surface area (Å²) >= 11 is 0. The van der Waals surface area contributed by atoms with Crippen LogP contribution in [-0.2, 0) is 10.0 Å². The summed E-state index contributed by atoms with van der Waals surface area (Å²) in [6.07, 6.45) is 1.72. The van der Waals surface area contributed by atoms with Gasteiger partial charge < -0.3 is 10.6 Å². The number of hydrogen-bond acceptors (Lipinski definition) is 3. The van der Waals surface area contributed by atoms with Crippen molar-refractivity contribution in [1.82, 2.24) is 14.9 Å². The fraction of sp³-hybridized carbons (Fsp3) is 0.923. The number of hydrogen-bond donors (Lipinski definition) is 2. The van der Waals surface area contributed by atoms with Gasteiger partial charge in [0.2, 0.25) is 0 Å². The second-order valence-corrected chi connectivity index (χ2v) is 7.37. The largest absolute Gasteiger partial charge is 0.511 e. The molecule has 0 unspecified atom stereocenters. The number of aliphatic imine (C=N–C) groups is 1. The molecular weight excluding hydrogens is 460 g/mol. The molecular formula is C13H26F3IN4O2S. The molecule has 11 heteroatoms. The van der Waals surface area contributed by atoms with E-state index in [1.807, 2.05) is 13.8 Å². The van der Waals surface area contributed by atoms with Gasteiger partial charge in [-0.1, -0.05) is 6.92 Å². The first kappa shape index (κ1) is 23.7. The van der Waals surface area contributed by atoms with Crippen molar-refractivity contribution >= 4 is 40.0 Å². The van der Waals surface area contributed by atoms with Crippen LogP contribution in [-0.4, -0.2) is 56.9 Å². The van der Waals surface area contributed by atoms with Crippen LogP contribution in [0.5, 0.6) is 0 Å². The Bertz CT molecular complexity index is 492. The van der Waals surface area contributed by atoms with E-state index < -0.39 is 15.5 Å². The molecule has 0 bridgehead atoms. The molecule has 0 amide bonds. The molecule has 0 spiro atoms. The van der Waals surface area contributed by atoms with Gasteiger partial charge >= 0.3 is 15.5 Å². The quantitative estimate of drug-likeness (QED) is 0.343. The van der Waals surface area contributed by atoms with E-state index in [1.54, 1.807) is 0 Å². The summed E-state index contributed by atoms with van der Waals surface area (Å²) in [7, 11) is -5.20. The number of guanidine groups is 1. The molecule has 1 heterocycles. The highest BCUT2D eigenvalue weighted by atomic mass is 127. The van der Waals surface area contributed by atoms with Gasteiger partial charge in [0.25, 0.3) is 0 Å². The predicted octanol–water partition coefficient (Wildman–Crippen LogP) is 2.13. The van der Waals surface area contributed by atoms with Gasteiger partial charge in [-0.25, -0.2) is 8.42 Å². The fourth-order valence-electron chi connectivity index (χ4n) is 2.28. The number of nitrogens with zero attached hydrogens (tertiary/aromatic N) is 2. The first-order valence-electron chi connectivity index (χ1n) is 7.81. The number of sulfonamides is 1. The maximum absolute atomic E-state index is 12.5. The number of nitrogens with one attached hydrogen (secondary N) is 2. The number of piperidine rings is 1. The highest BCUT2D eigenvalue weighted by molar-refractivity contribution is 14.0. The summed E-state index contributed by atoms with van der Waals surface area (Å²) < 4.78 is 60.7. The van der Waals surface area contributed by atoms with E-state index >= 15 is 0 Å². The molecule has 0 aromatic carbocycles. The molecule has 24 heavy (non-hydrogen) atoms. The summed E-state index contributed by atoms with van der Waals surface area (Å²) in [5, 5.41) is 6.24. The Balaban J connectivity index is 0.00000529. The molecule has 1 aliphatic rings. The number of alkyl halides is 3. The van der Waals surface area contributed by atoms with Crippen LogP contribution in [0.15, 0.2) is 4.99 Å². The molecule has 2 N–H and O–H groups in total. The third-order valence-electron chi connectivity index (χ3n) is 3.60. The molecule has 144 valence electrons. The van der Waals surface area contributed by atoms with Gasteiger partial charge in [-0.2, -0.15) is 17.5 Å². The topological polar surface area (TPSA) is 73.8 Å². The summed E-state index contributed by atoms with van der Waals surface area (Å²) in [6, 6.07) is 0. The first-order valence-corrected chi connectivity index (χ1v) is 9.25. The minimum atomic E-state index is -5.22. The van der Waals surface area contributed by atoms with Crippen molar-refractivity contribution in [2.45, 2.75) is 38.6 Å². The molecule has 1 fully saturated rings. The zero-order valence-corrected chi connectivity index (χ0v) is 17.0. The van der Waals surface area contributed by atoms with E-state index in [2.05, 4.69) is 15.6 Å². The van der Waals surface area contributed by atoms with Crippen LogP contribution < -0.4 is 10.6 Å². The van der Waals surface area contributed by atoms with Crippen LogP contribution >= 0.6 is 24.0 Å². The SMILES string of the molecule is CCCNC(=NCC1CCN(S(=O)(=O)C(F)(F)F)CC1)NCC.I. The van der Waals surface area contributed by atoms with Crippen molar-refractivity contribution in [1.29, 1.82) is 0 Å². The minimum absolute atomic E-state index is 0. The lowest BCUT2D eigenvalue weighted by Gasteiger charge is -2.30. The van der Waals surface area contributed by atoms with Gasteiger partial charge in [0.1, 0.15) is 0 Å². The van der Waals surface area contributed by atoms with E-state index in [0.29, 0.717) is 29.7 Å². The Hall–Kier alpha value is -0.300. The van der Waals surface area contributed by atoms with Gasteiger partial charge in [0.15, 0.2) is 5.96 Å². The van der Waals surface area contributed by atoms with Gasteiger partial charge in [0.05, 0.1) is 0 Å². The van der Waals surface area contributed by atoms with E-state index in [9.17, 15) is 21.6 Å². The molecule has 0 atom stereocenters. The number of rotatable bonds is 6. The summed E-state index contributed by atoms with van der Waals surface area (Å²) in [6.45, 7) is 5.74. The average Bonchev–Trinajstić information content (AvgIpc) is 2.49. The predicted molar refractivity (Wildman–Crippen MR) is 99.0 cm³/mol. The van der Waals surface area contributed by atoms with Crippen LogP contribution in [0.1, 0.15) is 33.1 Å². The molecule has 0 aromatic heterocycles. The highest BCUT2D eigenvalue weighted by Crippen LogP contribution is 2.30. The van der Waals surface area contributed by atoms with Crippen molar-refractivity contribution in [3.8, 4) is 0 Å². The second-order valence-electron chi connectivity index (χ2n) is 5.44. The molecule has 0 aliphatic carbocycles. The third-order valence-corrected chi connectivity index (χ3v) is 5.23. The van der Waals surface area contributed by atoms with E-state index in [4.69, 9.17) is 0 Å². The Morgan fingerprint density at radius 2 is 1.79 bits per heavy atom. The maximum atomic E-state index is 12.5. The van der Waals surface area contributed by atoms with Crippen molar-refractivity contribution in [2.75, 3.05) is 32.7 Å². The molecule has 0 radical (unpaired) electrons. The summed E-state index contributed by atoms with van der Waals surface area (Å²) in [4.78, 5) is 4.41. The molecule has 0 saturated carbocycles. The zero-order chi connectivity index (χ0) is 17.5. The normalized spacial score (nSPS) is 18.1. The molecule has 6 nitrogen and oxygen atoms in total. The Kier molecular flexibility index (Phi) is 10.5. The van der Waals surface area contributed by atoms with Gasteiger partial charge in [-0.05, 0) is 32.1 Å². The average molecular weight is 486 g/mol. The Morgan fingerprint density at radius 1 is 1.21 bits per heavy atom. The lowest BCUT2D eigenvalue weighted by molar-refractivity contribution is -0.0496. The lowest BCUT2D eigenvalue weighted by Crippen LogP contribution is -2.45. The van der Waals surface area contributed by atoms with Crippen molar-refractivity contribution in [3.05, 3.63) is 0 Å². The van der Waals surface area contributed by atoms with Crippen LogP contribution in [0.2, 0.25) is 0 Å². The highest BCUT2D eigenvalue weighted by Gasteiger charge is 2.50.